The zero-order valence-electron chi connectivity index (χ0n) is 13.8. The van der Waals surface area contributed by atoms with Gasteiger partial charge in [0.25, 0.3) is 0 Å². The van der Waals surface area contributed by atoms with E-state index in [-0.39, 0.29) is 5.78 Å². The minimum Gasteiger partial charge on any atom is -0.397 e. The van der Waals surface area contributed by atoms with Gasteiger partial charge in [0.1, 0.15) is 9.71 Å². The number of ketones is 1. The molecule has 2 aromatic heterocycles. The highest BCUT2D eigenvalue weighted by Gasteiger charge is 2.20. The third kappa shape index (κ3) is 3.23. The van der Waals surface area contributed by atoms with Gasteiger partial charge in [-0.1, -0.05) is 28.8 Å². The molecule has 0 bridgehead atoms. The molecule has 5 heteroatoms. The first kappa shape index (κ1) is 16.7. The number of benzene rings is 1. The minimum absolute atomic E-state index is 0.0274. The van der Waals surface area contributed by atoms with E-state index in [0.29, 0.717) is 16.1 Å². The van der Waals surface area contributed by atoms with Crippen molar-refractivity contribution < 1.29 is 4.79 Å². The molecule has 0 aliphatic heterocycles. The number of halogens is 1. The fourth-order valence-electron chi connectivity index (χ4n) is 3.41. The maximum Gasteiger partial charge on any atom is 0.205 e. The van der Waals surface area contributed by atoms with Crippen LogP contribution in [0.15, 0.2) is 34.8 Å². The Morgan fingerprint density at radius 3 is 2.56 bits per heavy atom. The summed E-state index contributed by atoms with van der Waals surface area (Å²) >= 11 is 4.82. The number of aryl methyl sites for hydroxylation is 2. The highest BCUT2D eigenvalue weighted by molar-refractivity contribution is 9.10. The van der Waals surface area contributed by atoms with Crippen LogP contribution >= 0.6 is 27.3 Å². The van der Waals surface area contributed by atoms with E-state index in [1.807, 2.05) is 24.3 Å². The zero-order chi connectivity index (χ0) is 17.4. The number of nitrogens with zero attached hydrogens (tertiary/aromatic N) is 1. The van der Waals surface area contributed by atoms with Gasteiger partial charge < -0.3 is 5.73 Å². The summed E-state index contributed by atoms with van der Waals surface area (Å²) in [5.41, 5.74) is 10.1. The Morgan fingerprint density at radius 2 is 1.80 bits per heavy atom. The second-order valence-corrected chi connectivity index (χ2v) is 8.46. The number of thiophene rings is 1. The van der Waals surface area contributed by atoms with Crippen molar-refractivity contribution in [2.45, 2.75) is 38.5 Å². The van der Waals surface area contributed by atoms with Gasteiger partial charge in [-0.25, -0.2) is 4.98 Å². The number of hydrogen-bond donors (Lipinski definition) is 1. The predicted octanol–water partition coefficient (Wildman–Crippen LogP) is 5.53. The highest BCUT2D eigenvalue weighted by atomic mass is 79.9. The van der Waals surface area contributed by atoms with Crippen molar-refractivity contribution in [2.75, 3.05) is 5.73 Å². The SMILES string of the molecule is Nc1c(C(=O)c2ccc(Br)cc2)sc2nc3c(cc12)CCCCCC3. The van der Waals surface area contributed by atoms with Crippen molar-refractivity contribution in [1.82, 2.24) is 4.98 Å². The van der Waals surface area contributed by atoms with Gasteiger partial charge in [-0.3, -0.25) is 4.79 Å². The van der Waals surface area contributed by atoms with Gasteiger partial charge in [-0.15, -0.1) is 11.3 Å². The molecule has 25 heavy (non-hydrogen) atoms. The molecular weight excluding hydrogens is 396 g/mol. The molecule has 1 aliphatic carbocycles. The van der Waals surface area contributed by atoms with Crippen LogP contribution in [0.2, 0.25) is 0 Å². The van der Waals surface area contributed by atoms with Crippen molar-refractivity contribution in [3.63, 3.8) is 0 Å². The molecule has 0 atom stereocenters. The van der Waals surface area contributed by atoms with Crippen LogP contribution in [0.1, 0.15) is 52.2 Å². The van der Waals surface area contributed by atoms with Crippen molar-refractivity contribution in [3.8, 4) is 0 Å². The molecule has 128 valence electrons. The molecule has 0 saturated carbocycles. The van der Waals surface area contributed by atoms with Gasteiger partial charge in [0.15, 0.2) is 0 Å². The van der Waals surface area contributed by atoms with E-state index in [2.05, 4.69) is 22.0 Å². The third-order valence-corrected chi connectivity index (χ3v) is 6.45. The number of fused-ring (bicyclic) bond motifs is 2. The van der Waals surface area contributed by atoms with Gasteiger partial charge in [0, 0.05) is 21.1 Å². The first-order valence-electron chi connectivity index (χ1n) is 8.64. The Labute approximate surface area is 159 Å². The molecule has 2 heterocycles. The Morgan fingerprint density at radius 1 is 1.08 bits per heavy atom. The van der Waals surface area contributed by atoms with E-state index in [9.17, 15) is 4.79 Å². The fraction of sp³-hybridized carbons (Fsp3) is 0.300. The molecule has 3 nitrogen and oxygen atoms in total. The third-order valence-electron chi connectivity index (χ3n) is 4.81. The summed E-state index contributed by atoms with van der Waals surface area (Å²) in [4.78, 5) is 19.2. The van der Waals surface area contributed by atoms with Crippen molar-refractivity contribution in [3.05, 3.63) is 56.5 Å². The lowest BCUT2D eigenvalue weighted by Gasteiger charge is -2.12. The average Bonchev–Trinajstić information content (AvgIpc) is 2.91. The Balaban J connectivity index is 1.79. The molecule has 1 aliphatic rings. The van der Waals surface area contributed by atoms with Crippen LogP contribution in [-0.2, 0) is 12.8 Å². The molecule has 0 unspecified atom stereocenters. The summed E-state index contributed by atoms with van der Waals surface area (Å²) in [6.07, 6.45) is 7.04. The quantitative estimate of drug-likeness (QED) is 0.560. The standard InChI is InChI=1S/C20H19BrN2OS/c21-14-9-7-12(8-10-14)18(24)19-17(22)15-11-13-5-3-1-2-4-6-16(13)23-20(15)25-19/h7-11H,1-6,22H2. The normalized spacial score (nSPS) is 14.8. The molecule has 0 spiro atoms. The number of nitrogen functional groups attached to an aromatic ring is 1. The highest BCUT2D eigenvalue weighted by Crippen LogP contribution is 2.36. The largest absolute Gasteiger partial charge is 0.397 e. The summed E-state index contributed by atoms with van der Waals surface area (Å²) in [6.45, 7) is 0. The number of pyridine rings is 1. The van der Waals surface area contributed by atoms with Crippen LogP contribution in [0.4, 0.5) is 5.69 Å². The molecule has 4 rings (SSSR count). The second-order valence-electron chi connectivity index (χ2n) is 6.54. The molecule has 0 amide bonds. The predicted molar refractivity (Wildman–Crippen MR) is 107 cm³/mol. The average molecular weight is 415 g/mol. The molecule has 0 radical (unpaired) electrons. The maximum absolute atomic E-state index is 12.9. The van der Waals surface area contributed by atoms with Crippen molar-refractivity contribution in [2.24, 2.45) is 0 Å². The first-order chi connectivity index (χ1) is 12.1. The van der Waals surface area contributed by atoms with Crippen LogP contribution in [0.3, 0.4) is 0 Å². The van der Waals surface area contributed by atoms with E-state index in [4.69, 9.17) is 10.7 Å². The lowest BCUT2D eigenvalue weighted by atomic mass is 9.96. The molecule has 1 aromatic carbocycles. The van der Waals surface area contributed by atoms with Gasteiger partial charge in [-0.2, -0.15) is 0 Å². The maximum atomic E-state index is 12.9. The summed E-state index contributed by atoms with van der Waals surface area (Å²) in [5, 5.41) is 0.935. The first-order valence-corrected chi connectivity index (χ1v) is 10.3. The van der Waals surface area contributed by atoms with E-state index >= 15 is 0 Å². The summed E-state index contributed by atoms with van der Waals surface area (Å²) < 4.78 is 0.954. The van der Waals surface area contributed by atoms with Crippen LogP contribution < -0.4 is 5.73 Å². The Hall–Kier alpha value is -1.72. The fourth-order valence-corrected chi connectivity index (χ4v) is 4.74. The number of aromatic nitrogens is 1. The second kappa shape index (κ2) is 6.89. The minimum atomic E-state index is -0.0274. The zero-order valence-corrected chi connectivity index (χ0v) is 16.3. The van der Waals surface area contributed by atoms with Gasteiger partial charge in [0.05, 0.1) is 5.69 Å². The number of anilines is 1. The van der Waals surface area contributed by atoms with Crippen LogP contribution in [0.5, 0.6) is 0 Å². The van der Waals surface area contributed by atoms with Crippen molar-refractivity contribution in [1.29, 1.82) is 0 Å². The van der Waals surface area contributed by atoms with Crippen LogP contribution in [0, 0.1) is 0 Å². The van der Waals surface area contributed by atoms with Crippen molar-refractivity contribution >= 4 is 49.0 Å². The van der Waals surface area contributed by atoms with E-state index in [1.165, 1.54) is 48.3 Å². The van der Waals surface area contributed by atoms with Crippen LogP contribution in [0.25, 0.3) is 10.2 Å². The number of rotatable bonds is 2. The van der Waals surface area contributed by atoms with Crippen LogP contribution in [-0.4, -0.2) is 10.8 Å². The van der Waals surface area contributed by atoms with E-state index < -0.39 is 0 Å². The monoisotopic (exact) mass is 414 g/mol. The summed E-state index contributed by atoms with van der Waals surface area (Å²) in [5.74, 6) is -0.0274. The Kier molecular flexibility index (Phi) is 4.61. The van der Waals surface area contributed by atoms with E-state index in [1.54, 1.807) is 0 Å². The van der Waals surface area contributed by atoms with Gasteiger partial charge >= 0.3 is 0 Å². The lowest BCUT2D eigenvalue weighted by Crippen LogP contribution is -2.03. The number of hydrogen-bond acceptors (Lipinski definition) is 4. The molecule has 3 aromatic rings. The van der Waals surface area contributed by atoms with E-state index in [0.717, 1.165) is 27.5 Å². The number of carbonyl (C=O) groups excluding carboxylic acids is 1. The van der Waals surface area contributed by atoms with Gasteiger partial charge in [-0.05, 0) is 61.6 Å². The van der Waals surface area contributed by atoms with Gasteiger partial charge in [0.2, 0.25) is 5.78 Å². The molecular formula is C20H19BrN2OS. The summed E-state index contributed by atoms with van der Waals surface area (Å²) in [7, 11) is 0. The topological polar surface area (TPSA) is 56.0 Å². The Bertz CT molecular complexity index is 946. The number of carbonyl (C=O) groups is 1. The summed E-state index contributed by atoms with van der Waals surface area (Å²) in [6, 6.07) is 9.57. The molecule has 2 N–H and O–H groups in total. The molecule has 0 fully saturated rings. The number of nitrogens with two attached hydrogens (primary N) is 1. The molecule has 0 saturated heterocycles. The smallest absolute Gasteiger partial charge is 0.205 e. The lowest BCUT2D eigenvalue weighted by molar-refractivity contribution is 0.104.